The zero-order valence-corrected chi connectivity index (χ0v) is 12.7. The van der Waals surface area contributed by atoms with Gasteiger partial charge in [-0.1, -0.05) is 12.1 Å². The largest absolute Gasteiger partial charge is 0.497 e. The summed E-state index contributed by atoms with van der Waals surface area (Å²) < 4.78 is 12.1. The molecule has 0 saturated heterocycles. The summed E-state index contributed by atoms with van der Waals surface area (Å²) in [6.45, 7) is 0.226. The monoisotopic (exact) mass is 308 g/mol. The molecule has 0 N–H and O–H groups in total. The van der Waals surface area contributed by atoms with Crippen molar-refractivity contribution in [2.24, 2.45) is 0 Å². The highest BCUT2D eigenvalue weighted by Crippen LogP contribution is 2.14. The molecule has 3 rings (SSSR count). The molecule has 0 fully saturated rings. The zero-order chi connectivity index (χ0) is 16.1. The highest BCUT2D eigenvalue weighted by Gasteiger charge is 2.07. The van der Waals surface area contributed by atoms with Gasteiger partial charge in [0.05, 0.1) is 18.4 Å². The molecule has 0 aliphatic rings. The van der Waals surface area contributed by atoms with Crippen molar-refractivity contribution in [1.82, 2.24) is 9.78 Å². The van der Waals surface area contributed by atoms with Crippen LogP contribution in [0.4, 0.5) is 0 Å². The Morgan fingerprint density at radius 3 is 2.43 bits per heavy atom. The van der Waals surface area contributed by atoms with E-state index < -0.39 is 0 Å². The van der Waals surface area contributed by atoms with E-state index in [0.29, 0.717) is 11.3 Å². The molecule has 5 heteroatoms. The molecule has 0 bridgehead atoms. The van der Waals surface area contributed by atoms with Crippen LogP contribution in [0.5, 0.6) is 5.75 Å². The molecule has 0 radical (unpaired) electrons. The van der Waals surface area contributed by atoms with Gasteiger partial charge in [0.2, 0.25) is 0 Å². The molecule has 1 aromatic heterocycles. The molecule has 3 aromatic rings. The van der Waals surface area contributed by atoms with Crippen LogP contribution in [-0.4, -0.2) is 22.9 Å². The number of nitrogens with zero attached hydrogens (tertiary/aromatic N) is 2. The number of esters is 1. The van der Waals surface area contributed by atoms with Gasteiger partial charge in [-0.15, -0.1) is 0 Å². The van der Waals surface area contributed by atoms with Crippen molar-refractivity contribution >= 4 is 5.97 Å². The number of hydrogen-bond donors (Lipinski definition) is 0. The van der Waals surface area contributed by atoms with Gasteiger partial charge in [0, 0.05) is 12.4 Å². The van der Waals surface area contributed by atoms with Gasteiger partial charge in [0.1, 0.15) is 12.4 Å². The van der Waals surface area contributed by atoms with E-state index >= 15 is 0 Å². The summed E-state index contributed by atoms with van der Waals surface area (Å²) in [5.74, 6) is 0.347. The summed E-state index contributed by atoms with van der Waals surface area (Å²) in [5, 5.41) is 4.17. The molecule has 0 spiro atoms. The SMILES string of the molecule is COc1ccc(C(=O)OCc2ccc(-n3cccn3)cc2)cc1. The van der Waals surface area contributed by atoms with Crippen molar-refractivity contribution in [3.63, 3.8) is 0 Å². The first-order valence-electron chi connectivity index (χ1n) is 7.16. The second-order valence-corrected chi connectivity index (χ2v) is 4.92. The van der Waals surface area contributed by atoms with Gasteiger partial charge in [0.15, 0.2) is 0 Å². The molecule has 0 aliphatic carbocycles. The number of aromatic nitrogens is 2. The van der Waals surface area contributed by atoms with Gasteiger partial charge >= 0.3 is 5.97 Å². The summed E-state index contributed by atoms with van der Waals surface area (Å²) in [7, 11) is 1.58. The Labute approximate surface area is 134 Å². The first-order valence-corrected chi connectivity index (χ1v) is 7.16. The zero-order valence-electron chi connectivity index (χ0n) is 12.7. The lowest BCUT2D eigenvalue weighted by Crippen LogP contribution is -2.05. The minimum atomic E-state index is -0.358. The maximum Gasteiger partial charge on any atom is 0.338 e. The Morgan fingerprint density at radius 1 is 1.09 bits per heavy atom. The van der Waals surface area contributed by atoms with Gasteiger partial charge in [0.25, 0.3) is 0 Å². The third kappa shape index (κ3) is 3.58. The third-order valence-electron chi connectivity index (χ3n) is 3.40. The van der Waals surface area contributed by atoms with Crippen LogP contribution in [0.1, 0.15) is 15.9 Å². The van der Waals surface area contributed by atoms with Crippen LogP contribution in [0.15, 0.2) is 67.0 Å². The van der Waals surface area contributed by atoms with Crippen LogP contribution in [-0.2, 0) is 11.3 Å². The van der Waals surface area contributed by atoms with Gasteiger partial charge < -0.3 is 9.47 Å². The predicted octanol–water partition coefficient (Wildman–Crippen LogP) is 3.24. The summed E-state index contributed by atoms with van der Waals surface area (Å²) in [5.41, 5.74) is 2.38. The molecular weight excluding hydrogens is 292 g/mol. The van der Waals surface area contributed by atoms with E-state index in [4.69, 9.17) is 9.47 Å². The average Bonchev–Trinajstić information content (AvgIpc) is 3.15. The fourth-order valence-corrected chi connectivity index (χ4v) is 2.13. The highest BCUT2D eigenvalue weighted by atomic mass is 16.5. The second-order valence-electron chi connectivity index (χ2n) is 4.92. The van der Waals surface area contributed by atoms with Crippen molar-refractivity contribution in [3.05, 3.63) is 78.1 Å². The quantitative estimate of drug-likeness (QED) is 0.679. The number of ether oxygens (including phenoxy) is 2. The number of carbonyl (C=O) groups is 1. The van der Waals surface area contributed by atoms with Crippen LogP contribution < -0.4 is 4.74 Å². The molecular formula is C18H16N2O3. The predicted molar refractivity (Wildman–Crippen MR) is 85.7 cm³/mol. The first-order chi connectivity index (χ1) is 11.3. The molecule has 1 heterocycles. The Hall–Kier alpha value is -3.08. The standard InChI is InChI=1S/C18H16N2O3/c1-22-17-9-5-15(6-10-17)18(21)23-13-14-3-7-16(8-4-14)20-12-2-11-19-20/h2-12H,13H2,1H3. The van der Waals surface area contributed by atoms with Crippen LogP contribution in [0.3, 0.4) is 0 Å². The lowest BCUT2D eigenvalue weighted by Gasteiger charge is -2.07. The topological polar surface area (TPSA) is 53.4 Å². The van der Waals surface area contributed by atoms with Gasteiger partial charge in [-0.05, 0) is 48.0 Å². The molecule has 0 aliphatic heterocycles. The summed E-state index contributed by atoms with van der Waals surface area (Å²) in [4.78, 5) is 12.0. The van der Waals surface area contributed by atoms with Gasteiger partial charge in [-0.2, -0.15) is 5.10 Å². The summed E-state index contributed by atoms with van der Waals surface area (Å²) in [6, 6.07) is 16.4. The number of carbonyl (C=O) groups excluding carboxylic acids is 1. The molecule has 23 heavy (non-hydrogen) atoms. The Kier molecular flexibility index (Phi) is 4.38. The van der Waals surface area contributed by atoms with Crippen LogP contribution >= 0.6 is 0 Å². The maximum absolute atomic E-state index is 12.0. The minimum Gasteiger partial charge on any atom is -0.497 e. The lowest BCUT2D eigenvalue weighted by atomic mass is 10.2. The number of hydrogen-bond acceptors (Lipinski definition) is 4. The molecule has 116 valence electrons. The van der Waals surface area contributed by atoms with E-state index in [9.17, 15) is 4.79 Å². The van der Waals surface area contributed by atoms with E-state index in [1.807, 2.05) is 36.5 Å². The fraction of sp³-hybridized carbons (Fsp3) is 0.111. The Bertz CT molecular complexity index is 763. The minimum absolute atomic E-state index is 0.226. The second kappa shape index (κ2) is 6.79. The third-order valence-corrected chi connectivity index (χ3v) is 3.40. The van der Waals surface area contributed by atoms with Crippen LogP contribution in [0.2, 0.25) is 0 Å². The molecule has 0 atom stereocenters. The maximum atomic E-state index is 12.0. The normalized spacial score (nSPS) is 10.3. The van der Waals surface area contributed by atoms with Crippen LogP contribution in [0, 0.1) is 0 Å². The summed E-state index contributed by atoms with van der Waals surface area (Å²) in [6.07, 6.45) is 3.60. The van der Waals surface area contributed by atoms with Crippen molar-refractivity contribution in [1.29, 1.82) is 0 Å². The van der Waals surface area contributed by atoms with E-state index in [1.165, 1.54) is 0 Å². The van der Waals surface area contributed by atoms with E-state index in [2.05, 4.69) is 5.10 Å². The summed E-state index contributed by atoms with van der Waals surface area (Å²) >= 11 is 0. The van der Waals surface area contributed by atoms with E-state index in [0.717, 1.165) is 11.3 Å². The van der Waals surface area contributed by atoms with Crippen molar-refractivity contribution in [2.45, 2.75) is 6.61 Å². The van der Waals surface area contributed by atoms with Crippen molar-refractivity contribution in [3.8, 4) is 11.4 Å². The smallest absolute Gasteiger partial charge is 0.338 e. The number of methoxy groups -OCH3 is 1. The van der Waals surface area contributed by atoms with Crippen LogP contribution in [0.25, 0.3) is 5.69 Å². The molecule has 0 unspecified atom stereocenters. The first kappa shape index (κ1) is 14.8. The number of benzene rings is 2. The van der Waals surface area contributed by atoms with Crippen molar-refractivity contribution < 1.29 is 14.3 Å². The average molecular weight is 308 g/mol. The van der Waals surface area contributed by atoms with Crippen molar-refractivity contribution in [2.75, 3.05) is 7.11 Å². The molecule has 5 nitrogen and oxygen atoms in total. The lowest BCUT2D eigenvalue weighted by molar-refractivity contribution is 0.0472. The number of rotatable bonds is 5. The fourth-order valence-electron chi connectivity index (χ4n) is 2.13. The van der Waals surface area contributed by atoms with Gasteiger partial charge in [-0.25, -0.2) is 9.48 Å². The molecule has 0 amide bonds. The Morgan fingerprint density at radius 2 is 1.83 bits per heavy atom. The van der Waals surface area contributed by atoms with E-state index in [-0.39, 0.29) is 12.6 Å². The van der Waals surface area contributed by atoms with E-state index in [1.54, 1.807) is 42.3 Å². The van der Waals surface area contributed by atoms with Gasteiger partial charge in [-0.3, -0.25) is 0 Å². The molecule has 2 aromatic carbocycles. The highest BCUT2D eigenvalue weighted by molar-refractivity contribution is 5.89. The molecule has 0 saturated carbocycles. The Balaban J connectivity index is 1.60.